The zero-order valence-electron chi connectivity index (χ0n) is 8.10. The van der Waals surface area contributed by atoms with Crippen LogP contribution in [0.15, 0.2) is 12.4 Å². The number of aromatic nitrogens is 2. The highest BCUT2D eigenvalue weighted by atomic mass is 16.1. The average Bonchev–Trinajstić information content (AvgIpc) is 2.67. The molecule has 1 aromatic rings. The van der Waals surface area contributed by atoms with Gasteiger partial charge in [-0.2, -0.15) is 5.10 Å². The maximum Gasteiger partial charge on any atom is 0.153 e. The first-order valence-corrected chi connectivity index (χ1v) is 5.06. The Morgan fingerprint density at radius 3 is 2.93 bits per heavy atom. The summed E-state index contributed by atoms with van der Waals surface area (Å²) in [6.07, 6.45) is 8.73. The van der Waals surface area contributed by atoms with Gasteiger partial charge in [0.25, 0.3) is 0 Å². The SMILES string of the molecule is NC1CCCCC1n1cc(C=O)cn1. The number of carbonyl (C=O) groups is 1. The van der Waals surface area contributed by atoms with Gasteiger partial charge in [-0.25, -0.2) is 0 Å². The van der Waals surface area contributed by atoms with Crippen LogP contribution in [0.4, 0.5) is 0 Å². The summed E-state index contributed by atoms with van der Waals surface area (Å²) in [6, 6.07) is 0.459. The smallest absolute Gasteiger partial charge is 0.153 e. The Bertz CT molecular complexity index is 321. The van der Waals surface area contributed by atoms with Crippen LogP contribution in [0.25, 0.3) is 0 Å². The Morgan fingerprint density at radius 2 is 2.29 bits per heavy atom. The average molecular weight is 193 g/mol. The minimum absolute atomic E-state index is 0.183. The highest BCUT2D eigenvalue weighted by molar-refractivity contribution is 5.73. The van der Waals surface area contributed by atoms with Crippen molar-refractivity contribution < 1.29 is 4.79 Å². The maximum absolute atomic E-state index is 10.5. The van der Waals surface area contributed by atoms with E-state index >= 15 is 0 Å². The second-order valence-electron chi connectivity index (χ2n) is 3.89. The molecule has 0 spiro atoms. The van der Waals surface area contributed by atoms with Crippen LogP contribution in [0.5, 0.6) is 0 Å². The third-order valence-electron chi connectivity index (χ3n) is 2.88. The molecule has 0 radical (unpaired) electrons. The normalized spacial score (nSPS) is 27.5. The molecule has 0 aromatic carbocycles. The fraction of sp³-hybridized carbons (Fsp3) is 0.600. The van der Waals surface area contributed by atoms with E-state index in [1.54, 1.807) is 12.4 Å². The molecule has 4 nitrogen and oxygen atoms in total. The van der Waals surface area contributed by atoms with Crippen LogP contribution in [0.1, 0.15) is 42.1 Å². The Balaban J connectivity index is 2.16. The van der Waals surface area contributed by atoms with Gasteiger partial charge in [-0.3, -0.25) is 9.48 Å². The molecule has 1 fully saturated rings. The molecule has 4 heteroatoms. The van der Waals surface area contributed by atoms with E-state index in [0.717, 1.165) is 19.1 Å². The summed E-state index contributed by atoms with van der Waals surface area (Å²) in [5.41, 5.74) is 6.64. The minimum Gasteiger partial charge on any atom is -0.326 e. The Kier molecular flexibility index (Phi) is 2.63. The molecule has 1 aromatic heterocycles. The van der Waals surface area contributed by atoms with Crippen LogP contribution in [0.3, 0.4) is 0 Å². The maximum atomic E-state index is 10.5. The summed E-state index contributed by atoms with van der Waals surface area (Å²) in [5, 5.41) is 4.17. The summed E-state index contributed by atoms with van der Waals surface area (Å²) in [5.74, 6) is 0. The lowest BCUT2D eigenvalue weighted by molar-refractivity contribution is 0.112. The summed E-state index contributed by atoms with van der Waals surface area (Å²) in [7, 11) is 0. The molecule has 1 aliphatic carbocycles. The van der Waals surface area contributed by atoms with Crippen molar-refractivity contribution in [2.24, 2.45) is 5.73 Å². The number of hydrogen-bond donors (Lipinski definition) is 1. The lowest BCUT2D eigenvalue weighted by Crippen LogP contribution is -2.35. The quantitative estimate of drug-likeness (QED) is 0.716. The molecule has 2 N–H and O–H groups in total. The molecular weight excluding hydrogens is 178 g/mol. The number of carbonyl (C=O) groups excluding carboxylic acids is 1. The molecule has 76 valence electrons. The van der Waals surface area contributed by atoms with Crippen LogP contribution in [0, 0.1) is 0 Å². The van der Waals surface area contributed by atoms with Crippen LogP contribution in [0.2, 0.25) is 0 Å². The van der Waals surface area contributed by atoms with Gasteiger partial charge in [-0.15, -0.1) is 0 Å². The molecule has 1 heterocycles. The Labute approximate surface area is 83.1 Å². The van der Waals surface area contributed by atoms with Crippen molar-refractivity contribution in [1.82, 2.24) is 9.78 Å². The van der Waals surface area contributed by atoms with Crippen LogP contribution < -0.4 is 5.73 Å². The lowest BCUT2D eigenvalue weighted by atomic mass is 9.91. The zero-order valence-corrected chi connectivity index (χ0v) is 8.10. The van der Waals surface area contributed by atoms with Gasteiger partial charge < -0.3 is 5.73 Å². The van der Waals surface area contributed by atoms with E-state index in [-0.39, 0.29) is 12.1 Å². The van der Waals surface area contributed by atoms with Gasteiger partial charge in [-0.05, 0) is 12.8 Å². The fourth-order valence-electron chi connectivity index (χ4n) is 2.06. The largest absolute Gasteiger partial charge is 0.326 e. The Hall–Kier alpha value is -1.16. The summed E-state index contributed by atoms with van der Waals surface area (Å²) in [4.78, 5) is 10.5. The molecule has 2 rings (SSSR count). The van der Waals surface area contributed by atoms with Gasteiger partial charge in [-0.1, -0.05) is 12.8 Å². The molecule has 1 saturated carbocycles. The first-order valence-electron chi connectivity index (χ1n) is 5.06. The second-order valence-corrected chi connectivity index (χ2v) is 3.89. The first kappa shape index (κ1) is 9.40. The monoisotopic (exact) mass is 193 g/mol. The molecule has 0 aliphatic heterocycles. The van der Waals surface area contributed by atoms with E-state index in [9.17, 15) is 4.79 Å². The van der Waals surface area contributed by atoms with Crippen molar-refractivity contribution in [1.29, 1.82) is 0 Å². The molecule has 2 atom stereocenters. The number of nitrogens with zero attached hydrogens (tertiary/aromatic N) is 2. The topological polar surface area (TPSA) is 60.9 Å². The van der Waals surface area contributed by atoms with Crippen molar-refractivity contribution in [3.63, 3.8) is 0 Å². The zero-order chi connectivity index (χ0) is 9.97. The molecule has 1 aliphatic rings. The summed E-state index contributed by atoms with van der Waals surface area (Å²) >= 11 is 0. The second kappa shape index (κ2) is 3.92. The highest BCUT2D eigenvalue weighted by Crippen LogP contribution is 2.26. The number of nitrogens with two attached hydrogens (primary N) is 1. The van der Waals surface area contributed by atoms with E-state index in [4.69, 9.17) is 5.73 Å². The van der Waals surface area contributed by atoms with Crippen molar-refractivity contribution in [2.75, 3.05) is 0 Å². The predicted molar refractivity (Wildman–Crippen MR) is 53.1 cm³/mol. The van der Waals surface area contributed by atoms with E-state index < -0.39 is 0 Å². The van der Waals surface area contributed by atoms with E-state index in [2.05, 4.69) is 5.10 Å². The van der Waals surface area contributed by atoms with Crippen LogP contribution in [-0.4, -0.2) is 22.1 Å². The van der Waals surface area contributed by atoms with Gasteiger partial charge in [0.05, 0.1) is 17.8 Å². The van der Waals surface area contributed by atoms with Crippen LogP contribution in [-0.2, 0) is 0 Å². The van der Waals surface area contributed by atoms with Gasteiger partial charge in [0, 0.05) is 12.2 Å². The lowest BCUT2D eigenvalue weighted by Gasteiger charge is -2.28. The highest BCUT2D eigenvalue weighted by Gasteiger charge is 2.23. The first-order chi connectivity index (χ1) is 6.81. The molecule has 14 heavy (non-hydrogen) atoms. The number of hydrogen-bond acceptors (Lipinski definition) is 3. The van der Waals surface area contributed by atoms with Crippen LogP contribution >= 0.6 is 0 Å². The minimum atomic E-state index is 0.183. The van der Waals surface area contributed by atoms with E-state index in [0.29, 0.717) is 5.56 Å². The van der Waals surface area contributed by atoms with Gasteiger partial charge in [0.2, 0.25) is 0 Å². The predicted octanol–water partition coefficient (Wildman–Crippen LogP) is 1.14. The Morgan fingerprint density at radius 1 is 1.50 bits per heavy atom. The molecular formula is C10H15N3O. The van der Waals surface area contributed by atoms with Crippen molar-refractivity contribution >= 4 is 6.29 Å². The van der Waals surface area contributed by atoms with Crippen molar-refractivity contribution in [3.05, 3.63) is 18.0 Å². The third kappa shape index (κ3) is 1.70. The fourth-order valence-corrected chi connectivity index (χ4v) is 2.06. The van der Waals surface area contributed by atoms with Crippen molar-refractivity contribution in [3.8, 4) is 0 Å². The summed E-state index contributed by atoms with van der Waals surface area (Å²) in [6.45, 7) is 0. The van der Waals surface area contributed by atoms with Gasteiger partial charge in [0.15, 0.2) is 6.29 Å². The standard InChI is InChI=1S/C10H15N3O/c11-9-3-1-2-4-10(9)13-6-8(7-14)5-12-13/h5-7,9-10H,1-4,11H2. The number of aldehydes is 1. The van der Waals surface area contributed by atoms with Gasteiger partial charge >= 0.3 is 0 Å². The van der Waals surface area contributed by atoms with E-state index in [1.165, 1.54) is 12.8 Å². The molecule has 0 bridgehead atoms. The number of rotatable bonds is 2. The summed E-state index contributed by atoms with van der Waals surface area (Å²) < 4.78 is 1.84. The molecule has 0 amide bonds. The van der Waals surface area contributed by atoms with Gasteiger partial charge in [0.1, 0.15) is 0 Å². The van der Waals surface area contributed by atoms with Crippen molar-refractivity contribution in [2.45, 2.75) is 37.8 Å². The third-order valence-corrected chi connectivity index (χ3v) is 2.88. The molecule has 2 unspecified atom stereocenters. The molecule has 0 saturated heterocycles. The van der Waals surface area contributed by atoms with E-state index in [1.807, 2.05) is 4.68 Å².